The summed E-state index contributed by atoms with van der Waals surface area (Å²) in [6.07, 6.45) is 0. The van der Waals surface area contributed by atoms with Crippen LogP contribution >= 0.6 is 27.5 Å². The number of nitrogens with zero attached hydrogens (tertiary/aromatic N) is 2. The molecule has 0 saturated heterocycles. The first-order valence-corrected chi connectivity index (χ1v) is 13.1. The number of carbonyl (C=O) groups excluding carboxylic acids is 1. The number of carbonyl (C=O) groups is 1. The van der Waals surface area contributed by atoms with Gasteiger partial charge >= 0.3 is 5.69 Å². The van der Waals surface area contributed by atoms with E-state index in [-0.39, 0.29) is 26.1 Å². The van der Waals surface area contributed by atoms with Crippen molar-refractivity contribution in [3.63, 3.8) is 0 Å². The van der Waals surface area contributed by atoms with E-state index in [2.05, 4.69) is 25.6 Å². The molecule has 0 aliphatic heterocycles. The second kappa shape index (κ2) is 8.77. The van der Waals surface area contributed by atoms with Gasteiger partial charge < -0.3 is 9.55 Å². The Hall–Kier alpha value is -3.67. The van der Waals surface area contributed by atoms with Crippen LogP contribution in [-0.2, 0) is 17.1 Å². The Labute approximate surface area is 217 Å². The maximum absolute atomic E-state index is 13.5. The fraction of sp³-hybridized carbons (Fsp3) is 0.0417. The highest BCUT2D eigenvalue weighted by Gasteiger charge is 2.29. The largest absolute Gasteiger partial charge is 0.338 e. The van der Waals surface area contributed by atoms with Crippen molar-refractivity contribution in [3.8, 4) is 5.69 Å². The first-order valence-electron chi connectivity index (χ1n) is 10.4. The topological polar surface area (TPSA) is 123 Å². The van der Waals surface area contributed by atoms with Gasteiger partial charge in [-0.25, -0.2) is 22.5 Å². The Morgan fingerprint density at radius 2 is 1.69 bits per heavy atom. The molecule has 12 heteroatoms. The van der Waals surface area contributed by atoms with Crippen LogP contribution < -0.4 is 16.0 Å². The van der Waals surface area contributed by atoms with E-state index < -0.39 is 27.2 Å². The third-order valence-corrected chi connectivity index (χ3v) is 8.31. The van der Waals surface area contributed by atoms with E-state index in [9.17, 15) is 22.8 Å². The summed E-state index contributed by atoms with van der Waals surface area (Å²) in [6.45, 7) is 0. The van der Waals surface area contributed by atoms with Crippen molar-refractivity contribution in [2.45, 2.75) is 4.90 Å². The number of aryl methyl sites for hydroxylation is 1. The molecule has 0 radical (unpaired) electrons. The first kappa shape index (κ1) is 24.0. The predicted octanol–water partition coefficient (Wildman–Crippen LogP) is 3.71. The minimum absolute atomic E-state index is 0.0909. The van der Waals surface area contributed by atoms with Gasteiger partial charge in [-0.15, -0.1) is 0 Å². The molecule has 0 unspecified atom stereocenters. The smallest absolute Gasteiger partial charge is 0.333 e. The van der Waals surface area contributed by atoms with Crippen molar-refractivity contribution >= 4 is 65.3 Å². The van der Waals surface area contributed by atoms with Crippen molar-refractivity contribution in [2.75, 3.05) is 0 Å². The van der Waals surface area contributed by atoms with Crippen LogP contribution in [0, 0.1) is 0 Å². The average molecular weight is 588 g/mol. The molecular formula is C24H16BrClN4O5S. The van der Waals surface area contributed by atoms with Crippen LogP contribution in [0.25, 0.3) is 27.5 Å². The summed E-state index contributed by atoms with van der Waals surface area (Å²) in [4.78, 5) is 42.6. The van der Waals surface area contributed by atoms with Crippen molar-refractivity contribution < 1.29 is 13.2 Å². The van der Waals surface area contributed by atoms with Gasteiger partial charge in [-0.05, 0) is 58.4 Å². The molecule has 0 aliphatic rings. The Kier molecular flexibility index (Phi) is 5.86. The molecule has 3 aromatic carbocycles. The van der Waals surface area contributed by atoms with Crippen molar-refractivity contribution in [2.24, 2.45) is 7.05 Å². The fourth-order valence-corrected chi connectivity index (χ4v) is 6.27. The van der Waals surface area contributed by atoms with Crippen LogP contribution in [0.5, 0.6) is 0 Å². The van der Waals surface area contributed by atoms with E-state index in [4.69, 9.17) is 11.6 Å². The summed E-state index contributed by atoms with van der Waals surface area (Å²) >= 11 is 9.39. The first-order chi connectivity index (χ1) is 17.1. The number of rotatable bonds is 4. The zero-order valence-corrected chi connectivity index (χ0v) is 21.6. The summed E-state index contributed by atoms with van der Waals surface area (Å²) in [6, 6.07) is 17.2. The van der Waals surface area contributed by atoms with Gasteiger partial charge in [0.05, 0.1) is 22.1 Å². The Morgan fingerprint density at radius 1 is 1.00 bits per heavy atom. The molecule has 2 aromatic heterocycles. The quantitative estimate of drug-likeness (QED) is 0.332. The molecule has 2 heterocycles. The molecule has 5 rings (SSSR count). The van der Waals surface area contributed by atoms with Crippen molar-refractivity contribution in [3.05, 3.63) is 103 Å². The van der Waals surface area contributed by atoms with Crippen molar-refractivity contribution in [1.29, 1.82) is 0 Å². The van der Waals surface area contributed by atoms with E-state index in [0.29, 0.717) is 21.4 Å². The highest BCUT2D eigenvalue weighted by Crippen LogP contribution is 2.31. The van der Waals surface area contributed by atoms with Gasteiger partial charge in [0, 0.05) is 21.9 Å². The van der Waals surface area contributed by atoms with E-state index in [1.807, 2.05) is 0 Å². The standard InChI is InChI=1S/C24H16BrClN4O5S/c1-29-18-11-10-13(26)12-15(18)20(30-23(32)14-6-2-4-8-17(14)27-24(30)33)21(29)22(31)28-36(34,35)19-9-5-3-7-16(19)25/h2-12H,1H3,(H,27,33)(H,28,31). The number of para-hydroxylation sites is 1. The normalized spacial score (nSPS) is 11.8. The van der Waals surface area contributed by atoms with E-state index in [1.54, 1.807) is 42.5 Å². The summed E-state index contributed by atoms with van der Waals surface area (Å²) < 4.78 is 30.6. The number of fused-ring (bicyclic) bond motifs is 2. The van der Waals surface area contributed by atoms with E-state index in [1.165, 1.54) is 35.9 Å². The number of benzene rings is 3. The second-order valence-corrected chi connectivity index (χ2v) is 10.8. The van der Waals surface area contributed by atoms with Crippen LogP contribution in [0.1, 0.15) is 10.5 Å². The monoisotopic (exact) mass is 586 g/mol. The lowest BCUT2D eigenvalue weighted by molar-refractivity contribution is 0.0974. The minimum atomic E-state index is -4.31. The lowest BCUT2D eigenvalue weighted by atomic mass is 10.2. The minimum Gasteiger partial charge on any atom is -0.338 e. The number of aromatic amines is 1. The average Bonchev–Trinajstić information content (AvgIpc) is 3.10. The number of hydrogen-bond acceptors (Lipinski definition) is 5. The molecule has 0 spiro atoms. The second-order valence-electron chi connectivity index (χ2n) is 7.90. The number of sulfonamides is 1. The Balaban J connectivity index is 1.80. The van der Waals surface area contributed by atoms with Gasteiger partial charge in [-0.2, -0.15) is 0 Å². The van der Waals surface area contributed by atoms with Crippen LogP contribution in [0.15, 0.2) is 85.7 Å². The molecule has 0 saturated carbocycles. The molecule has 1 amide bonds. The van der Waals surface area contributed by atoms with Gasteiger partial charge in [0.15, 0.2) is 0 Å². The predicted molar refractivity (Wildman–Crippen MR) is 140 cm³/mol. The van der Waals surface area contributed by atoms with Crippen LogP contribution in [0.2, 0.25) is 5.02 Å². The molecule has 182 valence electrons. The number of hydrogen-bond donors (Lipinski definition) is 2. The lowest BCUT2D eigenvalue weighted by Gasteiger charge is -2.12. The summed E-state index contributed by atoms with van der Waals surface area (Å²) in [5.74, 6) is -1.03. The number of nitrogens with one attached hydrogen (secondary N) is 2. The lowest BCUT2D eigenvalue weighted by Crippen LogP contribution is -2.37. The maximum Gasteiger partial charge on any atom is 0.333 e. The fourth-order valence-electron chi connectivity index (χ4n) is 4.14. The summed E-state index contributed by atoms with van der Waals surface area (Å²) in [7, 11) is -2.79. The number of H-pyrrole nitrogens is 1. The molecule has 5 aromatic rings. The zero-order valence-electron chi connectivity index (χ0n) is 18.5. The molecule has 0 bridgehead atoms. The number of amides is 1. The third-order valence-electron chi connectivity index (χ3n) is 5.73. The Bertz CT molecular complexity index is 1940. The molecular weight excluding hydrogens is 572 g/mol. The highest BCUT2D eigenvalue weighted by molar-refractivity contribution is 9.10. The molecule has 2 N–H and O–H groups in total. The van der Waals surface area contributed by atoms with E-state index in [0.717, 1.165) is 4.57 Å². The molecule has 9 nitrogen and oxygen atoms in total. The van der Waals surface area contributed by atoms with Gasteiger partial charge in [-0.1, -0.05) is 35.9 Å². The third kappa shape index (κ3) is 3.85. The van der Waals surface area contributed by atoms with Crippen LogP contribution in [0.3, 0.4) is 0 Å². The van der Waals surface area contributed by atoms with Gasteiger partial charge in [-0.3, -0.25) is 9.59 Å². The summed E-state index contributed by atoms with van der Waals surface area (Å²) in [5, 5.41) is 0.826. The SMILES string of the molecule is Cn1c(C(=O)NS(=O)(=O)c2ccccc2Br)c(-n2c(=O)[nH]c3ccccc3c2=O)c2cc(Cl)ccc21. The zero-order chi connectivity index (χ0) is 25.8. The van der Waals surface area contributed by atoms with Gasteiger partial charge in [0.2, 0.25) is 0 Å². The number of halogens is 2. The molecule has 0 fully saturated rings. The van der Waals surface area contributed by atoms with Crippen LogP contribution in [-0.4, -0.2) is 28.4 Å². The molecule has 36 heavy (non-hydrogen) atoms. The van der Waals surface area contributed by atoms with Gasteiger partial charge in [0.1, 0.15) is 10.6 Å². The molecule has 0 aliphatic carbocycles. The Morgan fingerprint density at radius 3 is 2.44 bits per heavy atom. The summed E-state index contributed by atoms with van der Waals surface area (Å²) in [5.41, 5.74) is -1.00. The maximum atomic E-state index is 13.5. The van der Waals surface area contributed by atoms with Crippen LogP contribution in [0.4, 0.5) is 0 Å². The highest BCUT2D eigenvalue weighted by atomic mass is 79.9. The van der Waals surface area contributed by atoms with Crippen molar-refractivity contribution in [1.82, 2.24) is 18.8 Å². The van der Waals surface area contributed by atoms with Gasteiger partial charge in [0.25, 0.3) is 21.5 Å². The number of aromatic nitrogens is 3. The molecule has 0 atom stereocenters. The van der Waals surface area contributed by atoms with E-state index >= 15 is 0 Å².